The molecule has 1 nitrogen and oxygen atoms in total. The third kappa shape index (κ3) is 1.68. The summed E-state index contributed by atoms with van der Waals surface area (Å²) in [6, 6.07) is 9.01. The Morgan fingerprint density at radius 1 is 1.31 bits per heavy atom. The maximum atomic E-state index is 3.44. The smallest absolute Gasteiger partial charge is 0.0345 e. The van der Waals surface area contributed by atoms with Crippen molar-refractivity contribution in [3.05, 3.63) is 46.3 Å². The lowest BCUT2D eigenvalue weighted by molar-refractivity contribution is 0.644. The average molecular weight is 229 g/mol. The van der Waals surface area contributed by atoms with Gasteiger partial charge in [0.1, 0.15) is 0 Å². The average Bonchev–Trinajstić information content (AvgIpc) is 2.81. The summed E-state index contributed by atoms with van der Waals surface area (Å²) in [4.78, 5) is 1.40. The molecule has 1 aliphatic heterocycles. The summed E-state index contributed by atoms with van der Waals surface area (Å²) in [5.74, 6) is 0. The number of hydrogen-bond donors (Lipinski definition) is 1. The second-order valence-electron chi connectivity index (χ2n) is 4.35. The minimum Gasteiger partial charge on any atom is -0.312 e. The monoisotopic (exact) mass is 229 g/mol. The summed E-state index contributed by atoms with van der Waals surface area (Å²) >= 11 is 1.84. The summed E-state index contributed by atoms with van der Waals surface area (Å²) in [7, 11) is 0. The quantitative estimate of drug-likeness (QED) is 0.790. The highest BCUT2D eigenvalue weighted by Crippen LogP contribution is 2.32. The van der Waals surface area contributed by atoms with Gasteiger partial charge in [0.05, 0.1) is 0 Å². The summed E-state index contributed by atoms with van der Waals surface area (Å²) in [5, 5.41) is 5.60. The number of benzene rings is 1. The van der Waals surface area contributed by atoms with Gasteiger partial charge >= 0.3 is 0 Å². The van der Waals surface area contributed by atoms with Gasteiger partial charge in [0.15, 0.2) is 0 Å². The van der Waals surface area contributed by atoms with Crippen LogP contribution in [-0.2, 0) is 13.0 Å². The van der Waals surface area contributed by atoms with E-state index in [2.05, 4.69) is 41.9 Å². The van der Waals surface area contributed by atoms with Gasteiger partial charge in [-0.05, 0) is 48.0 Å². The molecule has 1 N–H and O–H groups in total. The van der Waals surface area contributed by atoms with E-state index < -0.39 is 0 Å². The van der Waals surface area contributed by atoms with Crippen molar-refractivity contribution in [1.82, 2.24) is 5.32 Å². The molecular weight excluding hydrogens is 214 g/mol. The maximum absolute atomic E-state index is 3.44. The van der Waals surface area contributed by atoms with Crippen LogP contribution in [-0.4, -0.2) is 6.54 Å². The highest BCUT2D eigenvalue weighted by Gasteiger charge is 2.14. The van der Waals surface area contributed by atoms with Gasteiger partial charge in [-0.25, -0.2) is 0 Å². The molecule has 3 rings (SSSR count). The van der Waals surface area contributed by atoms with Crippen LogP contribution in [0.5, 0.6) is 0 Å². The summed E-state index contributed by atoms with van der Waals surface area (Å²) in [6.07, 6.45) is 1.16. The van der Waals surface area contributed by atoms with Crippen LogP contribution in [0.25, 0.3) is 10.4 Å². The van der Waals surface area contributed by atoms with Gasteiger partial charge in [-0.1, -0.05) is 23.8 Å². The van der Waals surface area contributed by atoms with Crippen molar-refractivity contribution >= 4 is 11.3 Å². The maximum Gasteiger partial charge on any atom is 0.0345 e. The van der Waals surface area contributed by atoms with Crippen LogP contribution in [0.2, 0.25) is 0 Å². The van der Waals surface area contributed by atoms with Crippen LogP contribution in [0.1, 0.15) is 16.7 Å². The van der Waals surface area contributed by atoms with Gasteiger partial charge in [-0.15, -0.1) is 11.3 Å². The molecule has 0 aliphatic carbocycles. The lowest BCUT2D eigenvalue weighted by Gasteiger charge is -2.21. The van der Waals surface area contributed by atoms with Crippen LogP contribution in [0.15, 0.2) is 29.6 Å². The Hall–Kier alpha value is -1.12. The molecule has 1 aromatic heterocycles. The first-order valence-electron chi connectivity index (χ1n) is 5.71. The molecule has 16 heavy (non-hydrogen) atoms. The van der Waals surface area contributed by atoms with E-state index in [1.807, 2.05) is 11.3 Å². The molecular formula is C14H15NS. The predicted octanol–water partition coefficient (Wildman–Crippen LogP) is 3.37. The van der Waals surface area contributed by atoms with E-state index in [4.69, 9.17) is 0 Å². The van der Waals surface area contributed by atoms with Crippen molar-refractivity contribution in [1.29, 1.82) is 0 Å². The minimum atomic E-state index is 1.02. The van der Waals surface area contributed by atoms with E-state index in [1.165, 1.54) is 21.6 Å². The Morgan fingerprint density at radius 3 is 3.06 bits per heavy atom. The number of thiophene rings is 1. The number of aryl methyl sites for hydroxylation is 1. The van der Waals surface area contributed by atoms with E-state index in [1.54, 1.807) is 5.56 Å². The lowest BCUT2D eigenvalue weighted by atomic mass is 9.92. The van der Waals surface area contributed by atoms with Crippen molar-refractivity contribution in [3.8, 4) is 10.4 Å². The fourth-order valence-electron chi connectivity index (χ4n) is 2.43. The number of hydrogen-bond acceptors (Lipinski definition) is 2. The zero-order valence-electron chi connectivity index (χ0n) is 9.42. The molecule has 0 unspecified atom stereocenters. The fraction of sp³-hybridized carbons (Fsp3) is 0.286. The summed E-state index contributed by atoms with van der Waals surface area (Å²) in [5.41, 5.74) is 5.85. The highest BCUT2D eigenvalue weighted by molar-refractivity contribution is 7.13. The van der Waals surface area contributed by atoms with Crippen LogP contribution in [0, 0.1) is 6.92 Å². The molecule has 0 saturated heterocycles. The van der Waals surface area contributed by atoms with Gasteiger partial charge in [-0.3, -0.25) is 0 Å². The molecule has 0 radical (unpaired) electrons. The Kier molecular flexibility index (Phi) is 2.54. The molecule has 0 spiro atoms. The van der Waals surface area contributed by atoms with Crippen LogP contribution < -0.4 is 5.32 Å². The minimum absolute atomic E-state index is 1.02. The first-order valence-corrected chi connectivity index (χ1v) is 6.59. The Bertz CT molecular complexity index is 500. The van der Waals surface area contributed by atoms with Gasteiger partial charge in [0, 0.05) is 11.4 Å². The van der Waals surface area contributed by atoms with Crippen molar-refractivity contribution in [2.45, 2.75) is 19.9 Å². The highest BCUT2D eigenvalue weighted by atomic mass is 32.1. The summed E-state index contributed by atoms with van der Waals surface area (Å²) < 4.78 is 0. The van der Waals surface area contributed by atoms with E-state index in [-0.39, 0.29) is 0 Å². The van der Waals surface area contributed by atoms with E-state index in [9.17, 15) is 0 Å². The Labute approximate surface area is 100 Å². The van der Waals surface area contributed by atoms with E-state index in [0.29, 0.717) is 0 Å². The standard InChI is InChI=1S/C14H15NS/c1-10-7-11-9-15-5-4-12(11)13(8-10)14-3-2-6-16-14/h2-3,6-8,15H,4-5,9H2,1H3. The summed E-state index contributed by atoms with van der Waals surface area (Å²) in [6.45, 7) is 4.32. The van der Waals surface area contributed by atoms with Crippen molar-refractivity contribution < 1.29 is 0 Å². The second-order valence-corrected chi connectivity index (χ2v) is 5.30. The van der Waals surface area contributed by atoms with Gasteiger partial charge in [0.25, 0.3) is 0 Å². The number of fused-ring (bicyclic) bond motifs is 1. The third-order valence-corrected chi connectivity index (χ3v) is 4.04. The molecule has 0 saturated carbocycles. The van der Waals surface area contributed by atoms with Gasteiger partial charge in [-0.2, -0.15) is 0 Å². The first-order chi connectivity index (χ1) is 7.84. The zero-order chi connectivity index (χ0) is 11.0. The zero-order valence-corrected chi connectivity index (χ0v) is 10.2. The molecule has 82 valence electrons. The predicted molar refractivity (Wildman–Crippen MR) is 69.9 cm³/mol. The van der Waals surface area contributed by atoms with Gasteiger partial charge in [0.2, 0.25) is 0 Å². The molecule has 0 amide bonds. The normalized spacial score (nSPS) is 14.8. The third-order valence-electron chi connectivity index (χ3n) is 3.14. The van der Waals surface area contributed by atoms with E-state index in [0.717, 1.165) is 19.5 Å². The molecule has 1 aliphatic rings. The number of nitrogens with one attached hydrogen (secondary N) is 1. The Morgan fingerprint density at radius 2 is 2.25 bits per heavy atom. The first kappa shape index (κ1) is 10.1. The van der Waals surface area contributed by atoms with Crippen molar-refractivity contribution in [2.24, 2.45) is 0 Å². The molecule has 0 atom stereocenters. The van der Waals surface area contributed by atoms with Crippen LogP contribution >= 0.6 is 11.3 Å². The van der Waals surface area contributed by atoms with Crippen LogP contribution in [0.4, 0.5) is 0 Å². The number of rotatable bonds is 1. The van der Waals surface area contributed by atoms with Gasteiger partial charge < -0.3 is 5.32 Å². The Balaban J connectivity index is 2.20. The molecule has 0 fully saturated rings. The molecule has 1 aromatic carbocycles. The van der Waals surface area contributed by atoms with E-state index >= 15 is 0 Å². The van der Waals surface area contributed by atoms with Crippen molar-refractivity contribution in [3.63, 3.8) is 0 Å². The topological polar surface area (TPSA) is 12.0 Å². The molecule has 2 heterocycles. The largest absolute Gasteiger partial charge is 0.312 e. The fourth-order valence-corrected chi connectivity index (χ4v) is 3.20. The van der Waals surface area contributed by atoms with Crippen molar-refractivity contribution in [2.75, 3.05) is 6.54 Å². The molecule has 2 aromatic rings. The lowest BCUT2D eigenvalue weighted by Crippen LogP contribution is -2.24. The molecule has 0 bridgehead atoms. The SMILES string of the molecule is Cc1cc2c(c(-c3cccs3)c1)CCNC2. The van der Waals surface area contributed by atoms with Crippen LogP contribution in [0.3, 0.4) is 0 Å². The second kappa shape index (κ2) is 4.04. The molecule has 2 heteroatoms.